The maximum absolute atomic E-state index is 12.9. The number of unbranched alkanes of at least 4 members (excludes halogenated alkanes) is 42. The number of ether oxygens (including phenoxy) is 3. The molecule has 416 valence electrons. The van der Waals surface area contributed by atoms with E-state index in [-0.39, 0.29) is 31.1 Å². The third-order valence-corrected chi connectivity index (χ3v) is 15.1. The van der Waals surface area contributed by atoms with Gasteiger partial charge >= 0.3 is 17.9 Å². The predicted molar refractivity (Wildman–Crippen MR) is 303 cm³/mol. The quantitative estimate of drug-likeness (QED) is 0.0343. The van der Waals surface area contributed by atoms with Crippen molar-refractivity contribution in [3.8, 4) is 0 Å². The van der Waals surface area contributed by atoms with Gasteiger partial charge in [0.1, 0.15) is 13.2 Å². The van der Waals surface area contributed by atoms with Crippen LogP contribution in [0.5, 0.6) is 0 Å². The molecule has 0 rings (SSSR count). The van der Waals surface area contributed by atoms with Crippen LogP contribution in [0.15, 0.2) is 0 Å². The van der Waals surface area contributed by atoms with E-state index >= 15 is 0 Å². The number of esters is 3. The van der Waals surface area contributed by atoms with E-state index in [1.807, 2.05) is 0 Å². The fourth-order valence-electron chi connectivity index (χ4n) is 9.90. The van der Waals surface area contributed by atoms with Gasteiger partial charge in [0.15, 0.2) is 6.10 Å². The van der Waals surface area contributed by atoms with Crippen molar-refractivity contribution in [2.45, 2.75) is 368 Å². The number of carbonyl (C=O) groups is 3. The van der Waals surface area contributed by atoms with E-state index in [1.54, 1.807) is 0 Å². The van der Waals surface area contributed by atoms with Gasteiger partial charge in [-0.1, -0.05) is 324 Å². The smallest absolute Gasteiger partial charge is 0.306 e. The van der Waals surface area contributed by atoms with Crippen LogP contribution in [0.3, 0.4) is 0 Å². The third-order valence-electron chi connectivity index (χ3n) is 15.1. The number of hydrogen-bond acceptors (Lipinski definition) is 6. The Balaban J connectivity index is 4.25. The van der Waals surface area contributed by atoms with Crippen molar-refractivity contribution in [2.75, 3.05) is 13.2 Å². The second-order valence-electron chi connectivity index (χ2n) is 22.8. The summed E-state index contributed by atoms with van der Waals surface area (Å²) in [6.45, 7) is 11.5. The van der Waals surface area contributed by atoms with E-state index < -0.39 is 6.10 Å². The molecular weight excluding hydrogens is 865 g/mol. The van der Waals surface area contributed by atoms with Crippen LogP contribution in [0.2, 0.25) is 0 Å². The van der Waals surface area contributed by atoms with E-state index in [1.165, 1.54) is 250 Å². The molecule has 0 aliphatic rings. The molecule has 2 atom stereocenters. The molecular formula is C64H124O6. The van der Waals surface area contributed by atoms with Crippen LogP contribution in [-0.2, 0) is 28.6 Å². The van der Waals surface area contributed by atoms with Gasteiger partial charge in [-0.15, -0.1) is 0 Å². The highest BCUT2D eigenvalue weighted by Gasteiger charge is 2.19. The molecule has 0 aromatic heterocycles. The Bertz CT molecular complexity index is 1070. The lowest BCUT2D eigenvalue weighted by atomic mass is 9.99. The molecule has 0 heterocycles. The summed E-state index contributed by atoms with van der Waals surface area (Å²) in [4.78, 5) is 38.3. The fourth-order valence-corrected chi connectivity index (χ4v) is 9.90. The van der Waals surface area contributed by atoms with Gasteiger partial charge in [-0.3, -0.25) is 14.4 Å². The van der Waals surface area contributed by atoms with Crippen LogP contribution < -0.4 is 0 Å². The van der Waals surface area contributed by atoms with Gasteiger partial charge in [-0.05, 0) is 31.1 Å². The van der Waals surface area contributed by atoms with Crippen molar-refractivity contribution in [3.05, 3.63) is 0 Å². The SMILES string of the molecule is CCCCCCCCCCCCCCCCCC(=O)O[C@@H](COC(=O)CCCCCCCCCCCCCCCCCCCCC(C)CC)COC(=O)CCCCCCCCCCCCCCC(C)C. The number of rotatable bonds is 58. The maximum Gasteiger partial charge on any atom is 0.306 e. The largest absolute Gasteiger partial charge is 0.462 e. The van der Waals surface area contributed by atoms with Gasteiger partial charge in [0.2, 0.25) is 0 Å². The molecule has 0 aliphatic carbocycles. The molecule has 0 bridgehead atoms. The molecule has 0 N–H and O–H groups in total. The monoisotopic (exact) mass is 989 g/mol. The third kappa shape index (κ3) is 55.7. The highest BCUT2D eigenvalue weighted by atomic mass is 16.6. The van der Waals surface area contributed by atoms with Crippen molar-refractivity contribution in [3.63, 3.8) is 0 Å². The molecule has 0 saturated carbocycles. The lowest BCUT2D eigenvalue weighted by Gasteiger charge is -2.18. The Morgan fingerprint density at radius 1 is 0.300 bits per heavy atom. The Labute approximate surface area is 438 Å². The zero-order chi connectivity index (χ0) is 51.1. The second kappa shape index (κ2) is 56.7. The average Bonchev–Trinajstić information content (AvgIpc) is 3.35. The van der Waals surface area contributed by atoms with Crippen LogP contribution in [0.25, 0.3) is 0 Å². The molecule has 70 heavy (non-hydrogen) atoms. The Morgan fingerprint density at radius 3 is 0.814 bits per heavy atom. The molecule has 0 aliphatic heterocycles. The number of hydrogen-bond donors (Lipinski definition) is 0. The summed E-state index contributed by atoms with van der Waals surface area (Å²) in [5.74, 6) is 0.912. The molecule has 0 aromatic carbocycles. The van der Waals surface area contributed by atoms with Crippen molar-refractivity contribution in [1.29, 1.82) is 0 Å². The first-order valence-corrected chi connectivity index (χ1v) is 31.8. The minimum absolute atomic E-state index is 0.0619. The molecule has 0 radical (unpaired) electrons. The summed E-state index contributed by atoms with van der Waals surface area (Å²) in [7, 11) is 0. The van der Waals surface area contributed by atoms with Crippen molar-refractivity contribution in [2.24, 2.45) is 11.8 Å². The molecule has 0 fully saturated rings. The van der Waals surface area contributed by atoms with Gasteiger partial charge in [0, 0.05) is 19.3 Å². The first-order chi connectivity index (χ1) is 34.3. The van der Waals surface area contributed by atoms with Crippen molar-refractivity contribution in [1.82, 2.24) is 0 Å². The van der Waals surface area contributed by atoms with E-state index in [0.717, 1.165) is 69.6 Å². The zero-order valence-corrected chi connectivity index (χ0v) is 48.2. The fraction of sp³-hybridized carbons (Fsp3) is 0.953. The van der Waals surface area contributed by atoms with Crippen LogP contribution in [0, 0.1) is 11.8 Å². The van der Waals surface area contributed by atoms with E-state index in [9.17, 15) is 14.4 Å². The van der Waals surface area contributed by atoms with Crippen LogP contribution in [0.1, 0.15) is 362 Å². The topological polar surface area (TPSA) is 78.9 Å². The maximum atomic E-state index is 12.9. The van der Waals surface area contributed by atoms with E-state index in [0.29, 0.717) is 19.3 Å². The Morgan fingerprint density at radius 2 is 0.543 bits per heavy atom. The Hall–Kier alpha value is -1.59. The van der Waals surface area contributed by atoms with Gasteiger partial charge in [0.25, 0.3) is 0 Å². The van der Waals surface area contributed by atoms with Crippen LogP contribution in [0.4, 0.5) is 0 Å². The first kappa shape index (κ1) is 68.4. The summed E-state index contributed by atoms with van der Waals surface area (Å²) in [6.07, 6.45) is 62.4. The van der Waals surface area contributed by atoms with Crippen LogP contribution >= 0.6 is 0 Å². The second-order valence-corrected chi connectivity index (χ2v) is 22.8. The standard InChI is InChI=1S/C64H124O6/c1-6-8-9-10-11-12-13-14-19-24-31-36-41-46-51-56-64(67)70-61(58-69-63(66)55-50-45-40-35-30-26-25-27-32-37-42-47-52-59(3)4)57-68-62(65)54-49-44-39-34-29-23-21-18-16-15-17-20-22-28-33-38-43-48-53-60(5)7-2/h59-61H,6-58H2,1-5H3/t60?,61-/m0/s1. The van der Waals surface area contributed by atoms with E-state index in [4.69, 9.17) is 14.2 Å². The summed E-state index contributed by atoms with van der Waals surface area (Å²) in [5, 5.41) is 0. The Kier molecular flexibility index (Phi) is 55.4. The summed E-state index contributed by atoms with van der Waals surface area (Å²) in [6, 6.07) is 0. The van der Waals surface area contributed by atoms with E-state index in [2.05, 4.69) is 34.6 Å². The highest BCUT2D eigenvalue weighted by molar-refractivity contribution is 5.71. The van der Waals surface area contributed by atoms with Gasteiger partial charge in [-0.25, -0.2) is 0 Å². The molecule has 0 spiro atoms. The van der Waals surface area contributed by atoms with Gasteiger partial charge in [-0.2, -0.15) is 0 Å². The van der Waals surface area contributed by atoms with Gasteiger partial charge in [0.05, 0.1) is 0 Å². The highest BCUT2D eigenvalue weighted by Crippen LogP contribution is 2.19. The first-order valence-electron chi connectivity index (χ1n) is 31.8. The minimum atomic E-state index is -0.763. The molecule has 0 saturated heterocycles. The summed E-state index contributed by atoms with van der Waals surface area (Å²) >= 11 is 0. The lowest BCUT2D eigenvalue weighted by molar-refractivity contribution is -0.167. The summed E-state index contributed by atoms with van der Waals surface area (Å²) < 4.78 is 16.9. The molecule has 6 heteroatoms. The molecule has 0 amide bonds. The number of carbonyl (C=O) groups excluding carboxylic acids is 3. The lowest BCUT2D eigenvalue weighted by Crippen LogP contribution is -2.30. The average molecular weight is 990 g/mol. The molecule has 1 unspecified atom stereocenters. The minimum Gasteiger partial charge on any atom is -0.462 e. The molecule has 6 nitrogen and oxygen atoms in total. The van der Waals surface area contributed by atoms with Gasteiger partial charge < -0.3 is 14.2 Å². The van der Waals surface area contributed by atoms with Crippen LogP contribution in [-0.4, -0.2) is 37.2 Å². The zero-order valence-electron chi connectivity index (χ0n) is 48.2. The predicted octanol–water partition coefficient (Wildman–Crippen LogP) is 21.2. The van der Waals surface area contributed by atoms with Crippen molar-refractivity contribution >= 4 is 17.9 Å². The van der Waals surface area contributed by atoms with Crippen molar-refractivity contribution < 1.29 is 28.6 Å². The normalized spacial score (nSPS) is 12.4. The summed E-state index contributed by atoms with van der Waals surface area (Å²) in [5.41, 5.74) is 0. The molecule has 0 aromatic rings.